The van der Waals surface area contributed by atoms with Gasteiger partial charge in [0.2, 0.25) is 0 Å². The van der Waals surface area contributed by atoms with Crippen LogP contribution in [0.15, 0.2) is 36.4 Å². The fraction of sp³-hybridized carbons (Fsp3) is 0.214. The highest BCUT2D eigenvalue weighted by Crippen LogP contribution is 2.17. The van der Waals surface area contributed by atoms with Crippen LogP contribution in [-0.2, 0) is 19.1 Å². The number of rotatable bonds is 4. The van der Waals surface area contributed by atoms with Gasteiger partial charge in [-0.15, -0.1) is 0 Å². The van der Waals surface area contributed by atoms with E-state index in [0.717, 1.165) is 19.4 Å². The van der Waals surface area contributed by atoms with Crippen molar-refractivity contribution in [3.63, 3.8) is 0 Å². The van der Waals surface area contributed by atoms with Crippen LogP contribution in [-0.4, -0.2) is 17.7 Å². The van der Waals surface area contributed by atoms with Crippen molar-refractivity contribution in [1.29, 1.82) is 5.26 Å². The van der Waals surface area contributed by atoms with E-state index < -0.39 is 17.7 Å². The molecule has 0 saturated carbocycles. The van der Waals surface area contributed by atoms with Gasteiger partial charge in [0.15, 0.2) is 6.07 Å². The standard InChI is InChI=1S/C14H13NO4/c1-11(16)18-14(10-15,19-12(2)17)9-8-13-6-4-3-5-7-13/h3-9H,1-2H3. The van der Waals surface area contributed by atoms with E-state index in [2.05, 4.69) is 0 Å². The molecule has 1 rings (SSSR count). The Morgan fingerprint density at radius 3 is 2.11 bits per heavy atom. The summed E-state index contributed by atoms with van der Waals surface area (Å²) in [6, 6.07) is 10.7. The third-order valence-corrected chi connectivity index (χ3v) is 2.04. The first-order valence-electron chi connectivity index (χ1n) is 5.52. The average molecular weight is 259 g/mol. The van der Waals surface area contributed by atoms with E-state index in [1.807, 2.05) is 18.2 Å². The number of hydrogen-bond acceptors (Lipinski definition) is 5. The smallest absolute Gasteiger partial charge is 0.367 e. The van der Waals surface area contributed by atoms with Crippen molar-refractivity contribution in [2.75, 3.05) is 0 Å². The summed E-state index contributed by atoms with van der Waals surface area (Å²) in [5.41, 5.74) is 0.779. The SMILES string of the molecule is CC(=O)OC(C#N)(C=Cc1ccccc1)OC(C)=O. The molecule has 0 aliphatic rings. The summed E-state index contributed by atoms with van der Waals surface area (Å²) in [6.07, 6.45) is 2.76. The molecule has 5 nitrogen and oxygen atoms in total. The van der Waals surface area contributed by atoms with Crippen LogP contribution >= 0.6 is 0 Å². The van der Waals surface area contributed by atoms with Crippen LogP contribution in [0.3, 0.4) is 0 Å². The van der Waals surface area contributed by atoms with Gasteiger partial charge in [-0.1, -0.05) is 36.4 Å². The number of nitrogens with zero attached hydrogens (tertiary/aromatic N) is 1. The Hall–Kier alpha value is -2.61. The van der Waals surface area contributed by atoms with Gasteiger partial charge in [0.25, 0.3) is 0 Å². The second kappa shape index (κ2) is 6.36. The maximum absolute atomic E-state index is 11.0. The highest BCUT2D eigenvalue weighted by molar-refractivity contribution is 5.70. The average Bonchev–Trinajstić information content (AvgIpc) is 2.36. The first-order valence-corrected chi connectivity index (χ1v) is 5.52. The van der Waals surface area contributed by atoms with Gasteiger partial charge in [0.1, 0.15) is 0 Å². The number of benzene rings is 1. The third kappa shape index (κ3) is 4.64. The molecular formula is C14H13NO4. The molecule has 0 spiro atoms. The molecule has 0 aromatic heterocycles. The zero-order valence-electron chi connectivity index (χ0n) is 10.6. The monoisotopic (exact) mass is 259 g/mol. The molecule has 0 saturated heterocycles. The van der Waals surface area contributed by atoms with E-state index >= 15 is 0 Å². The predicted molar refractivity (Wildman–Crippen MR) is 67.4 cm³/mol. The Morgan fingerprint density at radius 2 is 1.68 bits per heavy atom. The number of esters is 2. The topological polar surface area (TPSA) is 76.4 Å². The minimum absolute atomic E-state index is 0.722. The summed E-state index contributed by atoms with van der Waals surface area (Å²) in [6.45, 7) is 2.26. The second-order valence-electron chi connectivity index (χ2n) is 3.71. The molecule has 1 aromatic rings. The van der Waals surface area contributed by atoms with Crippen LogP contribution in [0.5, 0.6) is 0 Å². The normalized spacial score (nSPS) is 10.8. The molecule has 0 N–H and O–H groups in total. The lowest BCUT2D eigenvalue weighted by Gasteiger charge is -2.21. The van der Waals surface area contributed by atoms with E-state index in [1.165, 1.54) is 12.2 Å². The molecule has 0 atom stereocenters. The van der Waals surface area contributed by atoms with Gasteiger partial charge in [0, 0.05) is 19.9 Å². The van der Waals surface area contributed by atoms with Crippen LogP contribution in [0.1, 0.15) is 19.4 Å². The number of nitriles is 1. The summed E-state index contributed by atoms with van der Waals surface area (Å²) in [7, 11) is 0. The zero-order chi connectivity index (χ0) is 14.3. The molecule has 0 amide bonds. The molecule has 0 aliphatic heterocycles. The second-order valence-corrected chi connectivity index (χ2v) is 3.71. The van der Waals surface area contributed by atoms with Crippen LogP contribution in [0, 0.1) is 11.3 Å². The van der Waals surface area contributed by atoms with Gasteiger partial charge in [-0.2, -0.15) is 5.26 Å². The lowest BCUT2D eigenvalue weighted by Crippen LogP contribution is -2.35. The largest absolute Gasteiger partial charge is 0.406 e. The predicted octanol–water partition coefficient (Wildman–Crippen LogP) is 2.05. The first kappa shape index (κ1) is 14.5. The maximum Gasteiger partial charge on any atom is 0.367 e. The van der Waals surface area contributed by atoms with Gasteiger partial charge in [0.05, 0.1) is 0 Å². The van der Waals surface area contributed by atoms with Gasteiger partial charge < -0.3 is 9.47 Å². The van der Waals surface area contributed by atoms with Crippen molar-refractivity contribution in [1.82, 2.24) is 0 Å². The van der Waals surface area contributed by atoms with Gasteiger partial charge in [-0.25, -0.2) is 0 Å². The lowest BCUT2D eigenvalue weighted by molar-refractivity contribution is -0.192. The van der Waals surface area contributed by atoms with E-state index in [0.29, 0.717) is 0 Å². The van der Waals surface area contributed by atoms with E-state index in [1.54, 1.807) is 18.2 Å². The first-order chi connectivity index (χ1) is 8.97. The van der Waals surface area contributed by atoms with E-state index in [9.17, 15) is 9.59 Å². The highest BCUT2D eigenvalue weighted by Gasteiger charge is 2.34. The van der Waals surface area contributed by atoms with Gasteiger partial charge in [-0.3, -0.25) is 9.59 Å². The molecule has 0 radical (unpaired) electrons. The Bertz CT molecular complexity index is 512. The van der Waals surface area contributed by atoms with Crippen molar-refractivity contribution in [2.45, 2.75) is 19.6 Å². The van der Waals surface area contributed by atoms with Gasteiger partial charge >= 0.3 is 17.7 Å². The molecule has 0 fully saturated rings. The van der Waals surface area contributed by atoms with Gasteiger partial charge in [-0.05, 0) is 5.56 Å². The Kier molecular flexibility index (Phi) is 4.84. The summed E-state index contributed by atoms with van der Waals surface area (Å²) >= 11 is 0. The minimum atomic E-state index is -2.03. The number of hydrogen-bond donors (Lipinski definition) is 0. The number of ether oxygens (including phenoxy) is 2. The minimum Gasteiger partial charge on any atom is -0.406 e. The fourth-order valence-electron chi connectivity index (χ4n) is 1.37. The van der Waals surface area contributed by atoms with Crippen molar-refractivity contribution >= 4 is 18.0 Å². The lowest BCUT2D eigenvalue weighted by atomic mass is 10.1. The van der Waals surface area contributed by atoms with Crippen molar-refractivity contribution in [3.8, 4) is 6.07 Å². The molecule has 0 unspecified atom stereocenters. The summed E-state index contributed by atoms with van der Waals surface area (Å²) in [5.74, 6) is -3.48. The number of carbonyl (C=O) groups excluding carboxylic acids is 2. The third-order valence-electron chi connectivity index (χ3n) is 2.04. The van der Waals surface area contributed by atoms with Crippen molar-refractivity contribution < 1.29 is 19.1 Å². The van der Waals surface area contributed by atoms with Crippen molar-refractivity contribution in [3.05, 3.63) is 42.0 Å². The van der Waals surface area contributed by atoms with Crippen LogP contribution in [0.2, 0.25) is 0 Å². The van der Waals surface area contributed by atoms with Crippen LogP contribution in [0.25, 0.3) is 6.08 Å². The molecular weight excluding hydrogens is 246 g/mol. The summed E-state index contributed by atoms with van der Waals surface area (Å²) in [5, 5.41) is 9.10. The fourth-order valence-corrected chi connectivity index (χ4v) is 1.37. The van der Waals surface area contributed by atoms with Crippen LogP contribution in [0.4, 0.5) is 0 Å². The quantitative estimate of drug-likeness (QED) is 0.611. The summed E-state index contributed by atoms with van der Waals surface area (Å²) in [4.78, 5) is 22.0. The highest BCUT2D eigenvalue weighted by atomic mass is 16.7. The molecule has 0 aliphatic carbocycles. The Balaban J connectivity index is 3.03. The molecule has 19 heavy (non-hydrogen) atoms. The van der Waals surface area contributed by atoms with Crippen molar-refractivity contribution in [2.24, 2.45) is 0 Å². The molecule has 5 heteroatoms. The molecule has 98 valence electrons. The molecule has 1 aromatic carbocycles. The maximum atomic E-state index is 11.0. The van der Waals surface area contributed by atoms with Crippen LogP contribution < -0.4 is 0 Å². The Labute approximate surface area is 111 Å². The Morgan fingerprint density at radius 1 is 1.16 bits per heavy atom. The zero-order valence-corrected chi connectivity index (χ0v) is 10.6. The number of carbonyl (C=O) groups is 2. The molecule has 0 heterocycles. The summed E-state index contributed by atoms with van der Waals surface area (Å²) < 4.78 is 9.58. The van der Waals surface area contributed by atoms with E-state index in [4.69, 9.17) is 14.7 Å². The van der Waals surface area contributed by atoms with E-state index in [-0.39, 0.29) is 0 Å². The molecule has 0 bridgehead atoms.